The molecule has 5 aromatic rings. The zero-order chi connectivity index (χ0) is 20.5. The molecule has 0 aliphatic carbocycles. The molecule has 0 radical (unpaired) electrons. The molecule has 0 saturated carbocycles. The molecule has 3 heterocycles. The predicted octanol–water partition coefficient (Wildman–Crippen LogP) is 4.67. The van der Waals surface area contributed by atoms with Crippen molar-refractivity contribution in [2.24, 2.45) is 6.98 Å². The third-order valence-corrected chi connectivity index (χ3v) is 5.07. The fourth-order valence-corrected chi connectivity index (χ4v) is 3.77. The molecule has 3 aromatic heterocycles. The number of pyridine rings is 1. The molecule has 0 bridgehead atoms. The Morgan fingerprint density at radius 3 is 2.77 bits per heavy atom. The molecular weight excluding hydrogens is 322 g/mol. The summed E-state index contributed by atoms with van der Waals surface area (Å²) in [6.07, 6.45) is 1.83. The van der Waals surface area contributed by atoms with E-state index in [1.54, 1.807) is 0 Å². The van der Waals surface area contributed by atoms with Crippen LogP contribution in [0.2, 0.25) is 0 Å². The minimum atomic E-state index is -2.29. The summed E-state index contributed by atoms with van der Waals surface area (Å²) >= 11 is 0. The van der Waals surface area contributed by atoms with E-state index in [9.17, 15) is 0 Å². The number of imidazole rings is 1. The maximum Gasteiger partial charge on any atom is 0.259 e. The van der Waals surface area contributed by atoms with E-state index in [1.165, 1.54) is 4.57 Å². The van der Waals surface area contributed by atoms with Gasteiger partial charge in [0.25, 0.3) is 5.82 Å². The first-order chi connectivity index (χ1) is 13.8. The summed E-state index contributed by atoms with van der Waals surface area (Å²) in [6.45, 7) is 3.49. The SMILES string of the molecule is [2H]C([2H])([2H])[n+]1c(C)n(-c2c(C)ccc3c2oc2cc(C)ncc23)c2ccccc21. The van der Waals surface area contributed by atoms with Crippen LogP contribution in [0.15, 0.2) is 53.1 Å². The Morgan fingerprint density at radius 1 is 1.08 bits per heavy atom. The number of furan rings is 1. The van der Waals surface area contributed by atoms with Gasteiger partial charge in [-0.3, -0.25) is 4.98 Å². The summed E-state index contributed by atoms with van der Waals surface area (Å²) in [5.41, 5.74) is 5.74. The van der Waals surface area contributed by atoms with Gasteiger partial charge in [-0.25, -0.2) is 4.57 Å². The summed E-state index contributed by atoms with van der Waals surface area (Å²) in [5.74, 6) is 0.622. The van der Waals surface area contributed by atoms with E-state index in [-0.39, 0.29) is 0 Å². The molecule has 0 aliphatic heterocycles. The highest BCUT2D eigenvalue weighted by Gasteiger charge is 2.26. The van der Waals surface area contributed by atoms with Crippen molar-refractivity contribution in [2.45, 2.75) is 20.8 Å². The van der Waals surface area contributed by atoms with Gasteiger partial charge in [-0.2, -0.15) is 4.57 Å². The van der Waals surface area contributed by atoms with E-state index in [4.69, 9.17) is 8.53 Å². The standard InChI is InChI=1S/C22H20N3O/c1-13-9-10-16-17-12-23-14(2)11-20(17)26-22(16)21(13)25-15(3)24(4)18-7-5-6-8-19(18)25/h5-12H,1-4H3/q+1/i4D3. The minimum Gasteiger partial charge on any atom is -0.451 e. The Bertz CT molecular complexity index is 1430. The number of para-hydroxylation sites is 2. The topological polar surface area (TPSA) is 34.8 Å². The zero-order valence-electron chi connectivity index (χ0n) is 17.9. The normalized spacial score (nSPS) is 14.0. The summed E-state index contributed by atoms with van der Waals surface area (Å²) in [4.78, 5) is 4.41. The molecule has 0 unspecified atom stereocenters. The van der Waals surface area contributed by atoms with Gasteiger partial charge in [0.15, 0.2) is 22.3 Å². The Hall–Kier alpha value is -3.14. The minimum absolute atomic E-state index is 0.622. The smallest absolute Gasteiger partial charge is 0.259 e. The average Bonchev–Trinajstić information content (AvgIpc) is 3.15. The summed E-state index contributed by atoms with van der Waals surface area (Å²) in [7, 11) is 0. The second kappa shape index (κ2) is 5.18. The molecule has 0 spiro atoms. The average molecular weight is 345 g/mol. The van der Waals surface area contributed by atoms with Crippen LogP contribution in [-0.2, 0) is 6.98 Å². The van der Waals surface area contributed by atoms with Crippen molar-refractivity contribution < 1.29 is 13.1 Å². The number of aryl methyl sites for hydroxylation is 3. The van der Waals surface area contributed by atoms with E-state index >= 15 is 0 Å². The first-order valence-corrected chi connectivity index (χ1v) is 8.59. The zero-order valence-corrected chi connectivity index (χ0v) is 14.9. The van der Waals surface area contributed by atoms with Crippen molar-refractivity contribution in [1.82, 2.24) is 9.55 Å². The van der Waals surface area contributed by atoms with Crippen LogP contribution in [0.1, 0.15) is 21.2 Å². The number of fused-ring (bicyclic) bond motifs is 4. The van der Waals surface area contributed by atoms with Crippen LogP contribution in [0.5, 0.6) is 0 Å². The van der Waals surface area contributed by atoms with Crippen LogP contribution >= 0.6 is 0 Å². The largest absolute Gasteiger partial charge is 0.451 e. The van der Waals surface area contributed by atoms with Gasteiger partial charge in [0.2, 0.25) is 0 Å². The van der Waals surface area contributed by atoms with Crippen LogP contribution in [0.25, 0.3) is 38.7 Å². The molecule has 26 heavy (non-hydrogen) atoms. The first kappa shape index (κ1) is 12.3. The molecule has 0 amide bonds. The maximum absolute atomic E-state index is 8.05. The lowest BCUT2D eigenvalue weighted by atomic mass is 10.1. The number of hydrogen-bond acceptors (Lipinski definition) is 2. The van der Waals surface area contributed by atoms with E-state index in [1.807, 2.05) is 74.0 Å². The highest BCUT2D eigenvalue weighted by atomic mass is 16.3. The lowest BCUT2D eigenvalue weighted by Crippen LogP contribution is -2.30. The number of nitrogens with zero attached hydrogens (tertiary/aromatic N) is 3. The molecule has 2 aromatic carbocycles. The van der Waals surface area contributed by atoms with Crippen molar-refractivity contribution in [3.63, 3.8) is 0 Å². The van der Waals surface area contributed by atoms with Crippen molar-refractivity contribution in [3.05, 3.63) is 65.7 Å². The van der Waals surface area contributed by atoms with Gasteiger partial charge < -0.3 is 4.42 Å². The Kier molecular flexibility index (Phi) is 2.44. The van der Waals surface area contributed by atoms with Crippen molar-refractivity contribution >= 4 is 33.0 Å². The van der Waals surface area contributed by atoms with E-state index < -0.39 is 6.98 Å². The highest BCUT2D eigenvalue weighted by Crippen LogP contribution is 2.35. The fourth-order valence-electron chi connectivity index (χ4n) is 3.77. The van der Waals surface area contributed by atoms with Gasteiger partial charge in [-0.05, 0) is 32.0 Å². The van der Waals surface area contributed by atoms with Gasteiger partial charge in [-0.15, -0.1) is 0 Å². The number of hydrogen-bond donors (Lipinski definition) is 0. The van der Waals surface area contributed by atoms with Gasteiger partial charge >= 0.3 is 0 Å². The maximum atomic E-state index is 8.05. The molecule has 128 valence electrons. The number of benzene rings is 2. The number of rotatable bonds is 1. The molecule has 5 rings (SSSR count). The fraction of sp³-hybridized carbons (Fsp3) is 0.182. The third kappa shape index (κ3) is 1.90. The molecule has 0 fully saturated rings. The first-order valence-electron chi connectivity index (χ1n) is 10.1. The predicted molar refractivity (Wildman–Crippen MR) is 104 cm³/mol. The summed E-state index contributed by atoms with van der Waals surface area (Å²) in [5, 5.41) is 1.91. The van der Waals surface area contributed by atoms with Crippen LogP contribution < -0.4 is 4.57 Å². The monoisotopic (exact) mass is 345 g/mol. The molecular formula is C22H20N3O+. The molecule has 4 nitrogen and oxygen atoms in total. The van der Waals surface area contributed by atoms with Crippen LogP contribution in [0.3, 0.4) is 0 Å². The highest BCUT2D eigenvalue weighted by molar-refractivity contribution is 6.08. The Labute approximate surface area is 155 Å². The molecule has 0 saturated heterocycles. The van der Waals surface area contributed by atoms with Gasteiger partial charge in [0.1, 0.15) is 5.58 Å². The van der Waals surface area contributed by atoms with Crippen LogP contribution in [0.4, 0.5) is 0 Å². The Balaban J connectivity index is 1.97. The molecule has 0 aliphatic rings. The summed E-state index contributed by atoms with van der Waals surface area (Å²) in [6, 6.07) is 13.6. The lowest BCUT2D eigenvalue weighted by molar-refractivity contribution is -0.652. The van der Waals surface area contributed by atoms with Crippen LogP contribution in [0, 0.1) is 20.8 Å². The Morgan fingerprint density at radius 2 is 1.92 bits per heavy atom. The lowest BCUT2D eigenvalue weighted by Gasteiger charge is -2.05. The second-order valence-electron chi connectivity index (χ2n) is 6.74. The summed E-state index contributed by atoms with van der Waals surface area (Å²) < 4.78 is 33.8. The second-order valence-corrected chi connectivity index (χ2v) is 6.74. The van der Waals surface area contributed by atoms with Gasteiger partial charge in [0, 0.05) is 41.2 Å². The van der Waals surface area contributed by atoms with Crippen molar-refractivity contribution in [3.8, 4) is 5.69 Å². The van der Waals surface area contributed by atoms with E-state index in [0.29, 0.717) is 11.3 Å². The molecule has 4 heteroatoms. The number of aromatic nitrogens is 3. The van der Waals surface area contributed by atoms with E-state index in [2.05, 4.69) is 4.98 Å². The van der Waals surface area contributed by atoms with Gasteiger partial charge in [0.05, 0.1) is 11.1 Å². The molecule has 0 N–H and O–H groups in total. The van der Waals surface area contributed by atoms with Crippen LogP contribution in [-0.4, -0.2) is 9.55 Å². The third-order valence-electron chi connectivity index (χ3n) is 5.07. The van der Waals surface area contributed by atoms with Crippen molar-refractivity contribution in [1.29, 1.82) is 0 Å². The van der Waals surface area contributed by atoms with E-state index in [0.717, 1.165) is 44.4 Å². The quantitative estimate of drug-likeness (QED) is 0.414. The van der Waals surface area contributed by atoms with Gasteiger partial charge in [-0.1, -0.05) is 18.2 Å². The molecule has 0 atom stereocenters. The van der Waals surface area contributed by atoms with Crippen molar-refractivity contribution in [2.75, 3.05) is 0 Å².